The minimum atomic E-state index is -0.579. The van der Waals surface area contributed by atoms with Crippen molar-refractivity contribution in [1.82, 2.24) is 16.0 Å². The Kier molecular flexibility index (Phi) is 18.5. The first-order chi connectivity index (χ1) is 18.1. The molecule has 214 valence electrons. The summed E-state index contributed by atoms with van der Waals surface area (Å²) in [6.07, 6.45) is 0. The second-order valence-electron chi connectivity index (χ2n) is 7.51. The smallest absolute Gasteiger partial charge is 0.346 e. The highest BCUT2D eigenvalue weighted by atomic mass is 16.7. The summed E-state index contributed by atoms with van der Waals surface area (Å²) in [6, 6.07) is 0. The zero-order chi connectivity index (χ0) is 28.8. The fraction of sp³-hybridized carbons (Fsp3) is 0.619. The summed E-state index contributed by atoms with van der Waals surface area (Å²) in [6.45, 7) is 5.59. The summed E-state index contributed by atoms with van der Waals surface area (Å²) >= 11 is 0. The molecule has 0 bridgehead atoms. The molecular formula is C21H36N8O9. The van der Waals surface area contributed by atoms with Crippen molar-refractivity contribution in [3.63, 3.8) is 0 Å². The summed E-state index contributed by atoms with van der Waals surface area (Å²) in [5.41, 5.74) is 7.14. The molecule has 0 fully saturated rings. The van der Waals surface area contributed by atoms with Gasteiger partial charge in [-0.1, -0.05) is 20.6 Å². The highest BCUT2D eigenvalue weighted by Crippen LogP contribution is 1.87. The van der Waals surface area contributed by atoms with E-state index in [1.807, 2.05) is 0 Å². The van der Waals surface area contributed by atoms with Crippen molar-refractivity contribution in [2.45, 2.75) is 27.7 Å². The van der Waals surface area contributed by atoms with Gasteiger partial charge in [-0.25, -0.2) is 4.79 Å². The second-order valence-corrected chi connectivity index (χ2v) is 7.51. The summed E-state index contributed by atoms with van der Waals surface area (Å²) < 4.78 is 4.39. The van der Waals surface area contributed by atoms with Gasteiger partial charge in [0.15, 0.2) is 19.8 Å². The normalized spacial score (nSPS) is 12.3. The van der Waals surface area contributed by atoms with Crippen LogP contribution in [0.5, 0.6) is 0 Å². The molecule has 0 heterocycles. The molecule has 17 nitrogen and oxygen atoms in total. The van der Waals surface area contributed by atoms with E-state index in [2.05, 4.69) is 41.3 Å². The predicted molar refractivity (Wildman–Crippen MR) is 136 cm³/mol. The highest BCUT2D eigenvalue weighted by molar-refractivity contribution is 5.90. The number of methoxy groups -OCH3 is 1. The van der Waals surface area contributed by atoms with Gasteiger partial charge in [0, 0.05) is 6.54 Å². The number of amides is 3. The lowest BCUT2D eigenvalue weighted by Crippen LogP contribution is -2.33. The van der Waals surface area contributed by atoms with Crippen molar-refractivity contribution in [2.24, 2.45) is 26.4 Å². The van der Waals surface area contributed by atoms with Crippen LogP contribution in [0.1, 0.15) is 27.7 Å². The van der Waals surface area contributed by atoms with Gasteiger partial charge in [-0.05, 0) is 27.7 Å². The van der Waals surface area contributed by atoms with Crippen LogP contribution in [0.4, 0.5) is 0 Å². The molecule has 0 aliphatic rings. The van der Waals surface area contributed by atoms with Gasteiger partial charge in [0.05, 0.1) is 49.6 Å². The van der Waals surface area contributed by atoms with Crippen LogP contribution in [-0.4, -0.2) is 106 Å². The Bertz CT molecular complexity index is 903. The van der Waals surface area contributed by atoms with E-state index in [0.29, 0.717) is 22.8 Å². The lowest BCUT2D eigenvalue weighted by Gasteiger charge is -2.07. The number of esters is 1. The first kappa shape index (κ1) is 33.7. The molecule has 0 atom stereocenters. The number of hydrogen-bond donors (Lipinski definition) is 4. The van der Waals surface area contributed by atoms with E-state index in [1.54, 1.807) is 27.7 Å². The summed E-state index contributed by atoms with van der Waals surface area (Å²) in [5, 5.41) is 22.4. The van der Waals surface area contributed by atoms with Crippen LogP contribution < -0.4 is 21.7 Å². The van der Waals surface area contributed by atoms with Gasteiger partial charge in [-0.15, -0.1) is 0 Å². The van der Waals surface area contributed by atoms with Crippen LogP contribution in [0.3, 0.4) is 0 Å². The molecule has 0 radical (unpaired) electrons. The van der Waals surface area contributed by atoms with Gasteiger partial charge in [-0.3, -0.25) is 14.4 Å². The van der Waals surface area contributed by atoms with Crippen molar-refractivity contribution >= 4 is 46.5 Å². The average molecular weight is 545 g/mol. The van der Waals surface area contributed by atoms with Crippen molar-refractivity contribution < 1.29 is 43.3 Å². The van der Waals surface area contributed by atoms with Crippen LogP contribution >= 0.6 is 0 Å². The van der Waals surface area contributed by atoms with Gasteiger partial charge < -0.3 is 45.8 Å². The van der Waals surface area contributed by atoms with Crippen LogP contribution in [0.15, 0.2) is 20.6 Å². The molecule has 0 saturated heterocycles. The Hall–Kier alpha value is -4.28. The van der Waals surface area contributed by atoms with E-state index in [9.17, 15) is 19.2 Å². The minimum Gasteiger partial charge on any atom is -0.466 e. The van der Waals surface area contributed by atoms with Crippen LogP contribution in [0, 0.1) is 0 Å². The zero-order valence-corrected chi connectivity index (χ0v) is 22.2. The third kappa shape index (κ3) is 20.0. The number of rotatable bonds is 19. The highest BCUT2D eigenvalue weighted by Gasteiger charge is 2.06. The number of nitrogens with zero attached hydrogens (tertiary/aromatic N) is 4. The maximum atomic E-state index is 11.8. The third-order valence-corrected chi connectivity index (χ3v) is 3.80. The van der Waals surface area contributed by atoms with Crippen LogP contribution in [0.2, 0.25) is 0 Å². The molecule has 38 heavy (non-hydrogen) atoms. The third-order valence-electron chi connectivity index (χ3n) is 3.80. The number of oxime groups is 4. The Labute approximate surface area is 220 Å². The number of ether oxygens (including phenoxy) is 1. The molecule has 0 rings (SSSR count). The molecule has 0 aliphatic heterocycles. The molecule has 5 N–H and O–H groups in total. The molecule has 0 aromatic heterocycles. The number of nitrogens with two attached hydrogens (primary N) is 1. The molecule has 0 saturated carbocycles. The first-order valence-electron chi connectivity index (χ1n) is 11.3. The number of carbonyl (C=O) groups is 4. The van der Waals surface area contributed by atoms with Gasteiger partial charge in [-0.2, -0.15) is 0 Å². The van der Waals surface area contributed by atoms with Gasteiger partial charge in [0.1, 0.15) is 0 Å². The van der Waals surface area contributed by atoms with E-state index in [1.165, 1.54) is 7.11 Å². The Morgan fingerprint density at radius 1 is 0.579 bits per heavy atom. The monoisotopic (exact) mass is 544 g/mol. The maximum Gasteiger partial charge on any atom is 0.346 e. The van der Waals surface area contributed by atoms with Gasteiger partial charge in [0.25, 0.3) is 17.7 Å². The van der Waals surface area contributed by atoms with E-state index < -0.39 is 23.7 Å². The average Bonchev–Trinajstić information content (AvgIpc) is 2.89. The number of hydrogen-bond acceptors (Lipinski definition) is 14. The molecule has 17 heteroatoms. The molecule has 0 unspecified atom stereocenters. The standard InChI is InChI=1S/C21H36N8O9/c1-14(6-22)26-35-10-18(30)23-7-15(2)27-36-11-19(31)24-8-16(3)28-37-12-20(32)25-9-17(4)29-38-13-21(33)34-5/h6-13,22H2,1-5H3,(H,23,30)(H,24,31)(H,25,32)/b26-14+,27-15+,28-16+,29-17+. The molecule has 3 amide bonds. The Morgan fingerprint density at radius 3 is 1.21 bits per heavy atom. The van der Waals surface area contributed by atoms with Crippen molar-refractivity contribution in [3.05, 3.63) is 0 Å². The molecule has 0 aromatic carbocycles. The lowest BCUT2D eigenvalue weighted by atomic mass is 10.4. The van der Waals surface area contributed by atoms with Gasteiger partial charge >= 0.3 is 5.97 Å². The van der Waals surface area contributed by atoms with Gasteiger partial charge in [0.2, 0.25) is 6.61 Å². The summed E-state index contributed by atoms with van der Waals surface area (Å²) in [7, 11) is 1.22. The van der Waals surface area contributed by atoms with Crippen molar-refractivity contribution in [2.75, 3.05) is 59.7 Å². The lowest BCUT2D eigenvalue weighted by molar-refractivity contribution is -0.145. The Morgan fingerprint density at radius 2 is 0.895 bits per heavy atom. The van der Waals surface area contributed by atoms with Crippen LogP contribution in [-0.2, 0) is 43.3 Å². The maximum absolute atomic E-state index is 11.8. The summed E-state index contributed by atoms with van der Waals surface area (Å²) in [4.78, 5) is 65.6. The fourth-order valence-corrected chi connectivity index (χ4v) is 1.82. The number of nitrogens with one attached hydrogen (secondary N) is 3. The molecule has 0 aromatic rings. The van der Waals surface area contributed by atoms with Crippen molar-refractivity contribution in [3.8, 4) is 0 Å². The summed E-state index contributed by atoms with van der Waals surface area (Å²) in [5.74, 6) is -1.92. The minimum absolute atomic E-state index is 0.0535. The first-order valence-corrected chi connectivity index (χ1v) is 11.3. The van der Waals surface area contributed by atoms with E-state index in [0.717, 1.165) is 0 Å². The molecule has 0 aliphatic carbocycles. The fourth-order valence-electron chi connectivity index (χ4n) is 1.82. The van der Waals surface area contributed by atoms with E-state index in [-0.39, 0.29) is 52.6 Å². The quantitative estimate of drug-likeness (QED) is 0.0797. The Balaban J connectivity index is 4.06. The largest absolute Gasteiger partial charge is 0.466 e. The van der Waals surface area contributed by atoms with E-state index in [4.69, 9.17) is 25.1 Å². The SMILES string of the molecule is COC(=O)CO/N=C(\C)CNC(=O)CO/N=C(\C)CNC(=O)CO/N=C(\C)CNC(=O)CO/N=C(\C)CN. The van der Waals surface area contributed by atoms with E-state index >= 15 is 0 Å². The molecular weight excluding hydrogens is 508 g/mol. The zero-order valence-electron chi connectivity index (χ0n) is 22.2. The van der Waals surface area contributed by atoms with Crippen LogP contribution in [0.25, 0.3) is 0 Å². The topological polar surface area (TPSA) is 226 Å². The van der Waals surface area contributed by atoms with Crippen molar-refractivity contribution in [1.29, 1.82) is 0 Å². The molecule has 0 spiro atoms. The predicted octanol–water partition coefficient (Wildman–Crippen LogP) is -1.96. The number of carbonyl (C=O) groups excluding carboxylic acids is 4. The second kappa shape index (κ2) is 20.9.